The number of methoxy groups -OCH3 is 1. The molecule has 1 aromatic carbocycles. The fraction of sp³-hybridized carbons (Fsp3) is 0.125. The average molecular weight is 327 g/mol. The first-order chi connectivity index (χ1) is 11.2. The lowest BCUT2D eigenvalue weighted by molar-refractivity contribution is 0.0975. The zero-order valence-corrected chi connectivity index (χ0v) is 13.3. The molecular formula is C16H13N3O3S. The third-order valence-electron chi connectivity index (χ3n) is 3.36. The number of hydrogen-bond donors (Lipinski definition) is 1. The second-order valence-corrected chi connectivity index (χ2v) is 5.46. The third kappa shape index (κ3) is 2.59. The maximum Gasteiger partial charge on any atom is 0.231 e. The Balaban J connectivity index is 2.10. The number of aromatic nitrogens is 2. The fourth-order valence-electron chi connectivity index (χ4n) is 2.30. The van der Waals surface area contributed by atoms with E-state index in [1.165, 1.54) is 24.2 Å². The molecule has 1 N–H and O–H groups in total. The van der Waals surface area contributed by atoms with Crippen LogP contribution < -0.4 is 10.1 Å². The number of para-hydroxylation sites is 2. The number of allylic oxidation sites excluding steroid dienone is 2. The van der Waals surface area contributed by atoms with Crippen LogP contribution in [0.25, 0.3) is 0 Å². The van der Waals surface area contributed by atoms with Gasteiger partial charge in [0.05, 0.1) is 17.7 Å². The highest BCUT2D eigenvalue weighted by Crippen LogP contribution is 2.33. The van der Waals surface area contributed by atoms with Crippen molar-refractivity contribution in [3.05, 3.63) is 58.6 Å². The minimum atomic E-state index is -0.358. The van der Waals surface area contributed by atoms with Crippen molar-refractivity contribution in [1.82, 2.24) is 9.97 Å². The standard InChI is InChI=1S/C16H13N3O3S/c1-22-10-6-4-3-5-9(10)19-13-14(20)11-12(18-8-7-17-11)15(21)16(13)23-2/h3-8,19H,1-2H3. The van der Waals surface area contributed by atoms with Gasteiger partial charge in [0.1, 0.15) is 22.8 Å². The summed E-state index contributed by atoms with van der Waals surface area (Å²) in [4.78, 5) is 33.6. The Morgan fingerprint density at radius 3 is 2.35 bits per heavy atom. The van der Waals surface area contributed by atoms with E-state index >= 15 is 0 Å². The Bertz CT molecular complexity index is 833. The van der Waals surface area contributed by atoms with Crippen LogP contribution in [0.1, 0.15) is 21.0 Å². The molecule has 0 fully saturated rings. The zero-order valence-electron chi connectivity index (χ0n) is 12.5. The third-order valence-corrected chi connectivity index (χ3v) is 4.16. The van der Waals surface area contributed by atoms with Gasteiger partial charge < -0.3 is 10.1 Å². The molecule has 0 spiro atoms. The van der Waals surface area contributed by atoms with Crippen LogP contribution in [0.4, 0.5) is 5.69 Å². The number of rotatable bonds is 4. The Kier molecular flexibility index (Phi) is 4.12. The maximum atomic E-state index is 12.7. The van der Waals surface area contributed by atoms with Crippen molar-refractivity contribution < 1.29 is 14.3 Å². The van der Waals surface area contributed by atoms with E-state index in [1.807, 2.05) is 12.1 Å². The van der Waals surface area contributed by atoms with Crippen LogP contribution in [0.5, 0.6) is 5.75 Å². The van der Waals surface area contributed by atoms with Crippen molar-refractivity contribution in [3.8, 4) is 5.75 Å². The van der Waals surface area contributed by atoms with Gasteiger partial charge in [0.25, 0.3) is 0 Å². The molecule has 1 aliphatic rings. The summed E-state index contributed by atoms with van der Waals surface area (Å²) in [6.07, 6.45) is 4.54. The zero-order chi connectivity index (χ0) is 16.4. The van der Waals surface area contributed by atoms with Crippen molar-refractivity contribution in [3.63, 3.8) is 0 Å². The Morgan fingerprint density at radius 2 is 1.70 bits per heavy atom. The van der Waals surface area contributed by atoms with Crippen molar-refractivity contribution in [2.75, 3.05) is 18.7 Å². The summed E-state index contributed by atoms with van der Waals surface area (Å²) >= 11 is 1.20. The van der Waals surface area contributed by atoms with Crippen LogP contribution in [0.2, 0.25) is 0 Å². The average Bonchev–Trinajstić information content (AvgIpc) is 2.60. The van der Waals surface area contributed by atoms with Gasteiger partial charge in [0, 0.05) is 12.4 Å². The number of hydrogen-bond acceptors (Lipinski definition) is 7. The SMILES string of the molecule is COc1ccccc1NC1=C(SC)C(=O)c2nccnc2C1=O. The molecule has 116 valence electrons. The van der Waals surface area contributed by atoms with E-state index in [2.05, 4.69) is 15.3 Å². The number of carbonyl (C=O) groups is 2. The fourth-order valence-corrected chi connectivity index (χ4v) is 2.93. The molecule has 0 bridgehead atoms. The molecule has 0 amide bonds. The number of anilines is 1. The second kappa shape index (κ2) is 6.21. The topological polar surface area (TPSA) is 81.2 Å². The lowest BCUT2D eigenvalue weighted by Crippen LogP contribution is -2.27. The van der Waals surface area contributed by atoms with Gasteiger partial charge in [-0.3, -0.25) is 9.59 Å². The van der Waals surface area contributed by atoms with Crippen LogP contribution in [0.15, 0.2) is 47.3 Å². The quantitative estimate of drug-likeness (QED) is 0.924. The molecule has 0 saturated heterocycles. The maximum absolute atomic E-state index is 12.7. The number of nitrogens with zero attached hydrogens (tertiary/aromatic N) is 2. The lowest BCUT2D eigenvalue weighted by atomic mass is 10.0. The summed E-state index contributed by atoms with van der Waals surface area (Å²) in [5, 5.41) is 3.02. The monoisotopic (exact) mass is 327 g/mol. The minimum absolute atomic E-state index is 0.0627. The predicted molar refractivity (Wildman–Crippen MR) is 87.9 cm³/mol. The Labute approximate surface area is 137 Å². The summed E-state index contributed by atoms with van der Waals surface area (Å²) in [6.45, 7) is 0. The van der Waals surface area contributed by atoms with Crippen molar-refractivity contribution in [2.24, 2.45) is 0 Å². The van der Waals surface area contributed by atoms with E-state index in [4.69, 9.17) is 4.74 Å². The van der Waals surface area contributed by atoms with Crippen molar-refractivity contribution in [2.45, 2.75) is 0 Å². The van der Waals surface area contributed by atoms with Gasteiger partial charge in [-0.2, -0.15) is 0 Å². The number of nitrogens with one attached hydrogen (secondary N) is 1. The van der Waals surface area contributed by atoms with Gasteiger partial charge in [-0.15, -0.1) is 11.8 Å². The van der Waals surface area contributed by atoms with Gasteiger partial charge in [-0.05, 0) is 18.4 Å². The van der Waals surface area contributed by atoms with E-state index in [0.29, 0.717) is 16.3 Å². The van der Waals surface area contributed by atoms with Gasteiger partial charge in [0.15, 0.2) is 0 Å². The molecule has 6 nitrogen and oxygen atoms in total. The first-order valence-corrected chi connectivity index (χ1v) is 7.98. The molecule has 0 aliphatic heterocycles. The van der Waals surface area contributed by atoms with Crippen molar-refractivity contribution >= 4 is 29.0 Å². The van der Waals surface area contributed by atoms with Gasteiger partial charge in [-0.1, -0.05) is 12.1 Å². The smallest absolute Gasteiger partial charge is 0.231 e. The van der Waals surface area contributed by atoms with E-state index in [9.17, 15) is 9.59 Å². The summed E-state index contributed by atoms with van der Waals surface area (Å²) in [5.74, 6) is -0.0915. The number of ether oxygens (including phenoxy) is 1. The number of carbonyl (C=O) groups excluding carboxylic acids is 2. The van der Waals surface area contributed by atoms with Crippen LogP contribution in [-0.4, -0.2) is 34.9 Å². The summed E-state index contributed by atoms with van der Waals surface area (Å²) in [6, 6.07) is 7.17. The molecule has 0 unspecified atom stereocenters. The molecule has 0 atom stereocenters. The molecule has 1 aliphatic carbocycles. The summed E-state index contributed by atoms with van der Waals surface area (Å²) in [5.41, 5.74) is 0.949. The first kappa shape index (κ1) is 15.2. The van der Waals surface area contributed by atoms with E-state index in [1.54, 1.807) is 25.5 Å². The number of Topliss-reactive ketones (excluding diaryl/α,β-unsaturated/α-hetero) is 2. The predicted octanol–water partition coefficient (Wildman–Crippen LogP) is 2.55. The van der Waals surface area contributed by atoms with Crippen LogP contribution in [0, 0.1) is 0 Å². The molecule has 1 heterocycles. The van der Waals surface area contributed by atoms with Gasteiger partial charge in [0.2, 0.25) is 11.6 Å². The molecule has 2 aromatic rings. The molecular weight excluding hydrogens is 314 g/mol. The number of thioether (sulfide) groups is 1. The van der Waals surface area contributed by atoms with Crippen molar-refractivity contribution in [1.29, 1.82) is 0 Å². The molecule has 3 rings (SSSR count). The van der Waals surface area contributed by atoms with Crippen LogP contribution in [-0.2, 0) is 0 Å². The van der Waals surface area contributed by atoms with E-state index in [0.717, 1.165) is 0 Å². The van der Waals surface area contributed by atoms with Gasteiger partial charge in [-0.25, -0.2) is 9.97 Å². The Hall–Kier alpha value is -2.67. The van der Waals surface area contributed by atoms with Crippen LogP contribution in [0.3, 0.4) is 0 Å². The first-order valence-electron chi connectivity index (χ1n) is 6.76. The normalized spacial score (nSPS) is 13.8. The molecule has 1 aromatic heterocycles. The lowest BCUT2D eigenvalue weighted by Gasteiger charge is -2.20. The van der Waals surface area contributed by atoms with Crippen LogP contribution >= 0.6 is 11.8 Å². The highest BCUT2D eigenvalue weighted by molar-refractivity contribution is 8.03. The minimum Gasteiger partial charge on any atom is -0.495 e. The highest BCUT2D eigenvalue weighted by atomic mass is 32.2. The summed E-state index contributed by atoms with van der Waals surface area (Å²) < 4.78 is 5.27. The van der Waals surface area contributed by atoms with E-state index < -0.39 is 0 Å². The number of fused-ring (bicyclic) bond motifs is 1. The summed E-state index contributed by atoms with van der Waals surface area (Å²) in [7, 11) is 1.54. The number of ketones is 2. The molecule has 0 saturated carbocycles. The molecule has 7 heteroatoms. The molecule has 0 radical (unpaired) electrons. The van der Waals surface area contributed by atoms with Gasteiger partial charge >= 0.3 is 0 Å². The van der Waals surface area contributed by atoms with E-state index in [-0.39, 0.29) is 28.7 Å². The largest absolute Gasteiger partial charge is 0.495 e. The molecule has 23 heavy (non-hydrogen) atoms. The second-order valence-electron chi connectivity index (χ2n) is 4.65. The number of benzene rings is 1. The highest BCUT2D eigenvalue weighted by Gasteiger charge is 2.34. The Morgan fingerprint density at radius 1 is 1.04 bits per heavy atom.